The van der Waals surface area contributed by atoms with Crippen molar-refractivity contribution in [1.29, 1.82) is 0 Å². The second-order valence-corrected chi connectivity index (χ2v) is 6.21. The maximum atomic E-state index is 13.5. The van der Waals surface area contributed by atoms with E-state index < -0.39 is 15.8 Å². The largest absolute Gasteiger partial charge is 0.494 e. The first-order valence-electron chi connectivity index (χ1n) is 6.09. The lowest BCUT2D eigenvalue weighted by Gasteiger charge is -2.12. The molecule has 1 atom stereocenters. The van der Waals surface area contributed by atoms with Gasteiger partial charge in [-0.2, -0.15) is 0 Å². The Morgan fingerprint density at radius 2 is 2.25 bits per heavy atom. The lowest BCUT2D eigenvalue weighted by atomic mass is 10.2. The predicted octanol–water partition coefficient (Wildman–Crippen LogP) is 1.29. The van der Waals surface area contributed by atoms with Gasteiger partial charge >= 0.3 is 0 Å². The fourth-order valence-electron chi connectivity index (χ4n) is 2.04. The normalized spacial score (nSPS) is 18.6. The van der Waals surface area contributed by atoms with E-state index in [4.69, 9.17) is 4.74 Å². The molecule has 2 N–H and O–H groups in total. The molecule has 1 aromatic carbocycles. The Labute approximate surface area is 124 Å². The second kappa shape index (κ2) is 7.21. The zero-order chi connectivity index (χ0) is 13.9. The molecule has 0 spiro atoms. The third kappa shape index (κ3) is 4.05. The van der Waals surface area contributed by atoms with Gasteiger partial charge < -0.3 is 10.1 Å². The van der Waals surface area contributed by atoms with Gasteiger partial charge in [0.2, 0.25) is 10.0 Å². The molecule has 0 radical (unpaired) electrons. The van der Waals surface area contributed by atoms with Crippen molar-refractivity contribution >= 4 is 22.4 Å². The molecule has 2 rings (SSSR count). The number of ether oxygens (including phenoxy) is 1. The number of halogens is 2. The average molecular weight is 325 g/mol. The number of nitrogens with one attached hydrogen (secondary N) is 2. The monoisotopic (exact) mass is 324 g/mol. The summed E-state index contributed by atoms with van der Waals surface area (Å²) in [4.78, 5) is -0.0937. The number of benzene rings is 1. The van der Waals surface area contributed by atoms with E-state index in [2.05, 4.69) is 10.0 Å². The maximum absolute atomic E-state index is 13.5. The van der Waals surface area contributed by atoms with Gasteiger partial charge in [-0.05, 0) is 37.6 Å². The zero-order valence-corrected chi connectivity index (χ0v) is 12.7. The Kier molecular flexibility index (Phi) is 6.19. The quantitative estimate of drug-likeness (QED) is 0.856. The van der Waals surface area contributed by atoms with Crippen molar-refractivity contribution in [3.63, 3.8) is 0 Å². The molecule has 1 saturated heterocycles. The number of hydrogen-bond donors (Lipinski definition) is 2. The molecule has 0 amide bonds. The van der Waals surface area contributed by atoms with Crippen LogP contribution in [0.5, 0.6) is 5.75 Å². The Hall–Kier alpha value is -0.890. The summed E-state index contributed by atoms with van der Waals surface area (Å²) >= 11 is 0. The lowest BCUT2D eigenvalue weighted by molar-refractivity contribution is 0.385. The molecule has 1 aliphatic heterocycles. The van der Waals surface area contributed by atoms with E-state index in [0.29, 0.717) is 6.54 Å². The first kappa shape index (κ1) is 17.2. The third-order valence-electron chi connectivity index (χ3n) is 3.12. The van der Waals surface area contributed by atoms with Crippen LogP contribution in [0, 0.1) is 5.82 Å². The second-order valence-electron chi connectivity index (χ2n) is 4.44. The first-order valence-corrected chi connectivity index (χ1v) is 7.58. The molecular formula is C12H18ClFN2O3S. The Morgan fingerprint density at radius 3 is 2.80 bits per heavy atom. The Morgan fingerprint density at radius 1 is 1.50 bits per heavy atom. The van der Waals surface area contributed by atoms with Gasteiger partial charge in [0, 0.05) is 12.6 Å². The van der Waals surface area contributed by atoms with Crippen LogP contribution in [0.25, 0.3) is 0 Å². The van der Waals surface area contributed by atoms with Crippen molar-refractivity contribution < 1.29 is 17.5 Å². The Balaban J connectivity index is 0.00000200. The number of rotatable bonds is 5. The van der Waals surface area contributed by atoms with Crippen LogP contribution in [0.3, 0.4) is 0 Å². The van der Waals surface area contributed by atoms with Crippen LogP contribution in [0.15, 0.2) is 23.1 Å². The van der Waals surface area contributed by atoms with E-state index >= 15 is 0 Å². The first-order chi connectivity index (χ1) is 9.03. The number of methoxy groups -OCH3 is 1. The molecular weight excluding hydrogens is 307 g/mol. The molecule has 1 fully saturated rings. The zero-order valence-electron chi connectivity index (χ0n) is 11.1. The summed E-state index contributed by atoms with van der Waals surface area (Å²) in [5.41, 5.74) is 0. The van der Waals surface area contributed by atoms with Crippen LogP contribution in [-0.2, 0) is 10.0 Å². The molecule has 5 nitrogen and oxygen atoms in total. The van der Waals surface area contributed by atoms with Gasteiger partial charge in [-0.1, -0.05) is 0 Å². The van der Waals surface area contributed by atoms with Crippen LogP contribution < -0.4 is 14.8 Å². The fourth-order valence-corrected chi connectivity index (χ4v) is 3.13. The van der Waals surface area contributed by atoms with Gasteiger partial charge in [0.15, 0.2) is 11.6 Å². The van der Waals surface area contributed by atoms with Crippen molar-refractivity contribution in [2.24, 2.45) is 0 Å². The van der Waals surface area contributed by atoms with E-state index in [9.17, 15) is 12.8 Å². The van der Waals surface area contributed by atoms with Gasteiger partial charge in [-0.15, -0.1) is 12.4 Å². The van der Waals surface area contributed by atoms with Gasteiger partial charge in [-0.25, -0.2) is 17.5 Å². The van der Waals surface area contributed by atoms with Gasteiger partial charge in [0.25, 0.3) is 0 Å². The average Bonchev–Trinajstić information content (AvgIpc) is 2.89. The number of hydrogen-bond acceptors (Lipinski definition) is 4. The maximum Gasteiger partial charge on any atom is 0.240 e. The molecule has 1 aliphatic rings. The molecule has 0 aliphatic carbocycles. The highest BCUT2D eigenvalue weighted by Crippen LogP contribution is 2.20. The lowest BCUT2D eigenvalue weighted by Crippen LogP contribution is -2.37. The predicted molar refractivity (Wildman–Crippen MR) is 76.4 cm³/mol. The Bertz CT molecular complexity index is 548. The standard InChI is InChI=1S/C12H17FN2O3S.ClH/c1-18-12-5-4-10(7-11(12)13)19(16,17)15-8-9-3-2-6-14-9;/h4-5,7,9,14-15H,2-3,6,8H2,1H3;1H. The van der Waals surface area contributed by atoms with Crippen LogP contribution >= 0.6 is 12.4 Å². The van der Waals surface area contributed by atoms with E-state index in [-0.39, 0.29) is 29.1 Å². The SMILES string of the molecule is COc1ccc(S(=O)(=O)NCC2CCCN2)cc1F.Cl. The van der Waals surface area contributed by atoms with Crippen LogP contribution in [-0.4, -0.2) is 34.7 Å². The molecule has 1 aromatic rings. The summed E-state index contributed by atoms with van der Waals surface area (Å²) in [7, 11) is -2.35. The highest BCUT2D eigenvalue weighted by Gasteiger charge is 2.20. The van der Waals surface area contributed by atoms with E-state index in [1.807, 2.05) is 0 Å². The van der Waals surface area contributed by atoms with Gasteiger partial charge in [0.05, 0.1) is 12.0 Å². The summed E-state index contributed by atoms with van der Waals surface area (Å²) in [6.07, 6.45) is 1.99. The summed E-state index contributed by atoms with van der Waals surface area (Å²) in [5.74, 6) is -0.666. The van der Waals surface area contributed by atoms with Crippen molar-refractivity contribution in [2.45, 2.75) is 23.8 Å². The van der Waals surface area contributed by atoms with Crippen molar-refractivity contribution in [2.75, 3.05) is 20.2 Å². The highest BCUT2D eigenvalue weighted by atomic mass is 35.5. The van der Waals surface area contributed by atoms with Gasteiger partial charge in [-0.3, -0.25) is 0 Å². The van der Waals surface area contributed by atoms with Crippen molar-refractivity contribution in [3.8, 4) is 5.75 Å². The van der Waals surface area contributed by atoms with Crippen LogP contribution in [0.2, 0.25) is 0 Å². The minimum absolute atomic E-state index is 0. The summed E-state index contributed by atoms with van der Waals surface area (Å²) in [6, 6.07) is 3.74. The fraction of sp³-hybridized carbons (Fsp3) is 0.500. The molecule has 20 heavy (non-hydrogen) atoms. The van der Waals surface area contributed by atoms with Crippen molar-refractivity contribution in [1.82, 2.24) is 10.0 Å². The molecule has 0 saturated carbocycles. The van der Waals surface area contributed by atoms with Crippen LogP contribution in [0.4, 0.5) is 4.39 Å². The topological polar surface area (TPSA) is 67.4 Å². The molecule has 0 aromatic heterocycles. The highest BCUT2D eigenvalue weighted by molar-refractivity contribution is 7.89. The molecule has 1 heterocycles. The molecule has 0 bridgehead atoms. The van der Waals surface area contributed by atoms with Gasteiger partial charge in [0.1, 0.15) is 0 Å². The van der Waals surface area contributed by atoms with E-state index in [1.54, 1.807) is 0 Å². The molecule has 114 valence electrons. The summed E-state index contributed by atoms with van der Waals surface area (Å²) in [6.45, 7) is 1.22. The van der Waals surface area contributed by atoms with Crippen molar-refractivity contribution in [3.05, 3.63) is 24.0 Å². The third-order valence-corrected chi connectivity index (χ3v) is 4.54. The summed E-state index contributed by atoms with van der Waals surface area (Å²) < 4.78 is 44.7. The van der Waals surface area contributed by atoms with E-state index in [1.165, 1.54) is 19.2 Å². The summed E-state index contributed by atoms with van der Waals surface area (Å²) in [5, 5.41) is 3.19. The minimum Gasteiger partial charge on any atom is -0.494 e. The number of sulfonamides is 1. The minimum atomic E-state index is -3.68. The van der Waals surface area contributed by atoms with Crippen LogP contribution in [0.1, 0.15) is 12.8 Å². The molecule has 1 unspecified atom stereocenters. The molecule has 8 heteroatoms. The smallest absolute Gasteiger partial charge is 0.240 e. The van der Waals surface area contributed by atoms with E-state index in [0.717, 1.165) is 25.5 Å².